The fourth-order valence-corrected chi connectivity index (χ4v) is 2.10. The lowest BCUT2D eigenvalue weighted by atomic mass is 10.3. The topological polar surface area (TPSA) is 56.7 Å². The zero-order valence-corrected chi connectivity index (χ0v) is 10.5. The third kappa shape index (κ3) is 1.71. The Kier molecular flexibility index (Phi) is 2.45. The molecule has 5 heteroatoms. The van der Waals surface area contributed by atoms with E-state index in [-0.39, 0.29) is 0 Å². The quantitative estimate of drug-likeness (QED) is 0.730. The van der Waals surface area contributed by atoms with Crippen LogP contribution in [0, 0.1) is 0 Å². The molecule has 2 heterocycles. The SMILES string of the molecule is Cn1c(-c2ccc(N)cn2)nc2ccc(Cl)cc21. The maximum absolute atomic E-state index is 5.99. The van der Waals surface area contributed by atoms with Crippen molar-refractivity contribution >= 4 is 28.3 Å². The first kappa shape index (κ1) is 11.0. The lowest BCUT2D eigenvalue weighted by Gasteiger charge is -2.01. The van der Waals surface area contributed by atoms with E-state index in [4.69, 9.17) is 17.3 Å². The number of nitrogen functional groups attached to an aromatic ring is 1. The number of pyridine rings is 1. The van der Waals surface area contributed by atoms with Crippen LogP contribution in [0.25, 0.3) is 22.6 Å². The van der Waals surface area contributed by atoms with E-state index in [0.717, 1.165) is 22.6 Å². The van der Waals surface area contributed by atoms with Gasteiger partial charge in [0.05, 0.1) is 22.9 Å². The average molecular weight is 259 g/mol. The number of rotatable bonds is 1. The summed E-state index contributed by atoms with van der Waals surface area (Å²) in [7, 11) is 1.94. The standard InChI is InChI=1S/C13H11ClN4/c1-18-12-6-8(14)2-4-10(12)17-13(18)11-5-3-9(15)7-16-11/h2-7H,15H2,1H3. The molecule has 2 N–H and O–H groups in total. The number of halogens is 1. The molecule has 0 fully saturated rings. The van der Waals surface area contributed by atoms with E-state index in [1.54, 1.807) is 6.20 Å². The molecule has 2 aromatic heterocycles. The number of nitrogens with zero attached hydrogens (tertiary/aromatic N) is 3. The summed E-state index contributed by atoms with van der Waals surface area (Å²) < 4.78 is 1.97. The van der Waals surface area contributed by atoms with Crippen molar-refractivity contribution in [2.24, 2.45) is 7.05 Å². The van der Waals surface area contributed by atoms with E-state index in [1.165, 1.54) is 0 Å². The van der Waals surface area contributed by atoms with E-state index < -0.39 is 0 Å². The van der Waals surface area contributed by atoms with Gasteiger partial charge in [-0.1, -0.05) is 11.6 Å². The number of fused-ring (bicyclic) bond motifs is 1. The van der Waals surface area contributed by atoms with E-state index >= 15 is 0 Å². The second kappa shape index (κ2) is 3.99. The highest BCUT2D eigenvalue weighted by molar-refractivity contribution is 6.31. The van der Waals surface area contributed by atoms with Crippen LogP contribution in [0.3, 0.4) is 0 Å². The van der Waals surface area contributed by atoms with Crippen LogP contribution in [0.4, 0.5) is 5.69 Å². The number of anilines is 1. The zero-order chi connectivity index (χ0) is 12.7. The van der Waals surface area contributed by atoms with Crippen LogP contribution in [0.2, 0.25) is 5.02 Å². The number of imidazole rings is 1. The summed E-state index contributed by atoms with van der Waals surface area (Å²) in [6.45, 7) is 0. The normalized spacial score (nSPS) is 11.0. The molecule has 0 saturated carbocycles. The predicted octanol–water partition coefficient (Wildman–Crippen LogP) is 2.87. The Labute approximate surface area is 109 Å². The first-order chi connectivity index (χ1) is 8.65. The molecule has 90 valence electrons. The van der Waals surface area contributed by atoms with Crippen molar-refractivity contribution in [3.63, 3.8) is 0 Å². The molecule has 1 aromatic carbocycles. The lowest BCUT2D eigenvalue weighted by Crippen LogP contribution is -1.95. The first-order valence-corrected chi connectivity index (χ1v) is 5.87. The predicted molar refractivity (Wildman–Crippen MR) is 73.4 cm³/mol. The third-order valence-electron chi connectivity index (χ3n) is 2.86. The molecule has 0 aliphatic carbocycles. The van der Waals surface area contributed by atoms with Gasteiger partial charge < -0.3 is 10.3 Å². The highest BCUT2D eigenvalue weighted by atomic mass is 35.5. The van der Waals surface area contributed by atoms with Crippen LogP contribution in [0.15, 0.2) is 36.5 Å². The van der Waals surface area contributed by atoms with E-state index in [0.29, 0.717) is 10.7 Å². The highest BCUT2D eigenvalue weighted by Gasteiger charge is 2.10. The van der Waals surface area contributed by atoms with Gasteiger partial charge in [0.25, 0.3) is 0 Å². The van der Waals surface area contributed by atoms with Gasteiger partial charge in [0.15, 0.2) is 5.82 Å². The van der Waals surface area contributed by atoms with Gasteiger partial charge >= 0.3 is 0 Å². The van der Waals surface area contributed by atoms with Gasteiger partial charge in [-0.05, 0) is 30.3 Å². The van der Waals surface area contributed by atoms with E-state index in [9.17, 15) is 0 Å². The average Bonchev–Trinajstić information content (AvgIpc) is 2.68. The Morgan fingerprint density at radius 3 is 2.78 bits per heavy atom. The maximum atomic E-state index is 5.99. The van der Waals surface area contributed by atoms with Crippen molar-refractivity contribution in [3.8, 4) is 11.5 Å². The van der Waals surface area contributed by atoms with Crippen molar-refractivity contribution < 1.29 is 0 Å². The summed E-state index contributed by atoms with van der Waals surface area (Å²) in [4.78, 5) is 8.84. The molecule has 0 aliphatic rings. The van der Waals surface area contributed by atoms with Gasteiger partial charge in [0.1, 0.15) is 5.69 Å². The van der Waals surface area contributed by atoms with Gasteiger partial charge in [0, 0.05) is 12.1 Å². The molecular weight excluding hydrogens is 248 g/mol. The summed E-state index contributed by atoms with van der Waals surface area (Å²) in [5.74, 6) is 0.798. The minimum Gasteiger partial charge on any atom is -0.397 e. The van der Waals surface area contributed by atoms with Crippen LogP contribution in [0.5, 0.6) is 0 Å². The lowest BCUT2D eigenvalue weighted by molar-refractivity contribution is 0.950. The summed E-state index contributed by atoms with van der Waals surface area (Å²) in [6.07, 6.45) is 1.63. The second-order valence-electron chi connectivity index (χ2n) is 4.10. The molecule has 0 saturated heterocycles. The summed E-state index contributed by atoms with van der Waals surface area (Å²) in [5, 5.41) is 0.697. The van der Waals surface area contributed by atoms with E-state index in [2.05, 4.69) is 9.97 Å². The molecule has 3 aromatic rings. The Balaban J connectivity index is 2.23. The van der Waals surface area contributed by atoms with Crippen LogP contribution >= 0.6 is 11.6 Å². The molecule has 0 radical (unpaired) electrons. The zero-order valence-electron chi connectivity index (χ0n) is 9.76. The van der Waals surface area contributed by atoms with Crippen molar-refractivity contribution in [2.75, 3.05) is 5.73 Å². The molecule has 0 aliphatic heterocycles. The minimum absolute atomic E-state index is 0.639. The molecule has 0 atom stereocenters. The molecule has 3 rings (SSSR count). The largest absolute Gasteiger partial charge is 0.397 e. The van der Waals surface area contributed by atoms with Gasteiger partial charge in [-0.3, -0.25) is 4.98 Å². The van der Waals surface area contributed by atoms with Crippen LogP contribution < -0.4 is 5.73 Å². The van der Waals surface area contributed by atoms with Gasteiger partial charge in [-0.2, -0.15) is 0 Å². The molecule has 0 spiro atoms. The minimum atomic E-state index is 0.639. The second-order valence-corrected chi connectivity index (χ2v) is 4.54. The van der Waals surface area contributed by atoms with Crippen LogP contribution in [0.1, 0.15) is 0 Å². The Morgan fingerprint density at radius 1 is 1.22 bits per heavy atom. The molecular formula is C13H11ClN4. The Bertz CT molecular complexity index is 716. The van der Waals surface area contributed by atoms with Crippen LogP contribution in [-0.2, 0) is 7.05 Å². The number of benzene rings is 1. The molecule has 0 bridgehead atoms. The maximum Gasteiger partial charge on any atom is 0.159 e. The third-order valence-corrected chi connectivity index (χ3v) is 3.09. The number of aromatic nitrogens is 3. The Morgan fingerprint density at radius 2 is 2.06 bits per heavy atom. The number of nitrogens with two attached hydrogens (primary N) is 1. The highest BCUT2D eigenvalue weighted by Crippen LogP contribution is 2.24. The van der Waals surface area contributed by atoms with Gasteiger partial charge in [-0.15, -0.1) is 0 Å². The summed E-state index contributed by atoms with van der Waals surface area (Å²) in [6, 6.07) is 9.30. The summed E-state index contributed by atoms with van der Waals surface area (Å²) >= 11 is 5.99. The number of aryl methyl sites for hydroxylation is 1. The molecule has 4 nitrogen and oxygen atoms in total. The molecule has 0 unspecified atom stereocenters. The van der Waals surface area contributed by atoms with Crippen molar-refractivity contribution in [3.05, 3.63) is 41.6 Å². The molecule has 0 amide bonds. The van der Waals surface area contributed by atoms with Gasteiger partial charge in [-0.25, -0.2) is 4.98 Å². The fraction of sp³-hybridized carbons (Fsp3) is 0.0769. The number of hydrogen-bond donors (Lipinski definition) is 1. The van der Waals surface area contributed by atoms with Crippen molar-refractivity contribution in [1.29, 1.82) is 0 Å². The molecule has 18 heavy (non-hydrogen) atoms. The first-order valence-electron chi connectivity index (χ1n) is 5.49. The van der Waals surface area contributed by atoms with E-state index in [1.807, 2.05) is 41.9 Å². The Hall–Kier alpha value is -2.07. The number of hydrogen-bond acceptors (Lipinski definition) is 3. The monoisotopic (exact) mass is 258 g/mol. The van der Waals surface area contributed by atoms with Crippen LogP contribution in [-0.4, -0.2) is 14.5 Å². The van der Waals surface area contributed by atoms with Gasteiger partial charge in [0.2, 0.25) is 0 Å². The fourth-order valence-electron chi connectivity index (χ4n) is 1.93. The summed E-state index contributed by atoms with van der Waals surface area (Å²) in [5.41, 5.74) is 8.94. The van der Waals surface area contributed by atoms with Crippen molar-refractivity contribution in [1.82, 2.24) is 14.5 Å². The van der Waals surface area contributed by atoms with Crippen molar-refractivity contribution in [2.45, 2.75) is 0 Å². The smallest absolute Gasteiger partial charge is 0.159 e.